The lowest BCUT2D eigenvalue weighted by Gasteiger charge is -2.64. The number of carbonyl (C=O) groups excluding carboxylic acids is 1. The van der Waals surface area contributed by atoms with Gasteiger partial charge >= 0.3 is 5.97 Å². The van der Waals surface area contributed by atoms with Gasteiger partial charge in [0, 0.05) is 94.3 Å². The minimum absolute atomic E-state index is 0.0135. The van der Waals surface area contributed by atoms with E-state index in [9.17, 15) is 30.3 Å². The van der Waals surface area contributed by atoms with Crippen LogP contribution in [0.25, 0.3) is 0 Å². The van der Waals surface area contributed by atoms with Crippen LogP contribution >= 0.6 is 0 Å². The number of likely N-dealkylation sites (tertiary alicyclic amines) is 2. The van der Waals surface area contributed by atoms with Gasteiger partial charge in [-0.3, -0.25) is 24.4 Å². The number of hydrogen-bond donors (Lipinski definition) is 5. The summed E-state index contributed by atoms with van der Waals surface area (Å²) < 4.78 is 45.9. The molecular weight excluding hydrogens is 1250 g/mol. The van der Waals surface area contributed by atoms with Crippen molar-refractivity contribution >= 4 is 5.97 Å². The summed E-state index contributed by atoms with van der Waals surface area (Å²) in [6.07, 6.45) is 13.7. The van der Waals surface area contributed by atoms with E-state index in [1.54, 1.807) is 27.7 Å². The summed E-state index contributed by atoms with van der Waals surface area (Å²) >= 11 is 0. The van der Waals surface area contributed by atoms with E-state index >= 15 is 0 Å². The Morgan fingerprint density at radius 1 is 0.525 bits per heavy atom. The molecule has 6 heterocycles. The van der Waals surface area contributed by atoms with Crippen LogP contribution in [0.3, 0.4) is 0 Å². The Morgan fingerprint density at radius 2 is 0.909 bits per heavy atom. The highest BCUT2D eigenvalue weighted by molar-refractivity contribution is 5.66. The number of ether oxygens (including phenoxy) is 7. The Morgan fingerprint density at radius 3 is 1.29 bits per heavy atom. The van der Waals surface area contributed by atoms with Crippen LogP contribution in [0.15, 0.2) is 0 Å². The monoisotopic (exact) mass is 1390 g/mol. The molecule has 6 aliphatic heterocycles. The van der Waals surface area contributed by atoms with Crippen molar-refractivity contribution in [3.05, 3.63) is 0 Å². The summed E-state index contributed by atoms with van der Waals surface area (Å²) in [6.45, 7) is 51.6. The summed E-state index contributed by atoms with van der Waals surface area (Å²) in [6, 6.07) is 2.48. The van der Waals surface area contributed by atoms with Gasteiger partial charge in [0.15, 0.2) is 18.7 Å². The van der Waals surface area contributed by atoms with Gasteiger partial charge in [0.2, 0.25) is 0 Å². The Hall–Kier alpha value is -1.13. The van der Waals surface area contributed by atoms with E-state index in [0.29, 0.717) is 76.4 Å². The summed E-state index contributed by atoms with van der Waals surface area (Å²) in [4.78, 5) is 22.5. The molecule has 16 aliphatic rings. The number of rotatable bonds is 13. The fraction of sp³-hybridized carbons (Fsp3) is 0.988. The number of esters is 1. The summed E-state index contributed by atoms with van der Waals surface area (Å²) in [5, 5.41) is 57.9. The highest BCUT2D eigenvalue weighted by Crippen LogP contribution is 2.91. The van der Waals surface area contributed by atoms with Crippen LogP contribution in [0.1, 0.15) is 234 Å². The topological polar surface area (TPSA) is 196 Å². The Labute approximate surface area is 596 Å². The largest absolute Gasteiger partial charge is 0.457 e. The number of aliphatic hydroxyl groups excluding tert-OH is 3. The third kappa shape index (κ3) is 10.6. The van der Waals surface area contributed by atoms with Gasteiger partial charge in [-0.1, -0.05) is 69.2 Å². The maximum absolute atomic E-state index is 12.6. The van der Waals surface area contributed by atoms with E-state index in [4.69, 9.17) is 33.2 Å². The molecule has 10 aliphatic carbocycles. The predicted molar refractivity (Wildman–Crippen MR) is 380 cm³/mol. The molecule has 0 aromatic rings. The zero-order valence-electron chi connectivity index (χ0n) is 65.0. The molecule has 564 valence electrons. The van der Waals surface area contributed by atoms with E-state index in [2.05, 4.69) is 117 Å². The van der Waals surface area contributed by atoms with Gasteiger partial charge in [0.05, 0.1) is 73.2 Å². The third-order valence-corrected chi connectivity index (χ3v) is 35.0. The van der Waals surface area contributed by atoms with Crippen molar-refractivity contribution in [2.24, 2.45) is 101 Å². The first-order chi connectivity index (χ1) is 46.2. The zero-order chi connectivity index (χ0) is 71.1. The summed E-state index contributed by atoms with van der Waals surface area (Å²) in [5.74, 6) is 2.82. The highest BCUT2D eigenvalue weighted by atomic mass is 16.7. The fourth-order valence-electron chi connectivity index (χ4n) is 29.6. The SMILES string of the molecule is CC(=O)O[C@@H](C1C[C@@H](C)[C@H]2C(O1)[C@H](O)[C@@]1(C)C3CC[C@H]4C(C)(C)[C@@H](O[C@H]5CN(C6CN(C(C)C)C6)CCO5)CCC45C[C@@]35CC[C@]21C)C(C)(C)O.CC(C)N1CC(N2CCO[C@@H](O[C@H]3CCC45C[C@]46CC[C@]4(C)[C@@H]7C(OC([C@H](O)C(C)(C)O)C[C@H]7C)[C@H](O)[C@@]4(C)C6CC[C@H]5C3(C)C)C2)C1. The highest BCUT2D eigenvalue weighted by Gasteiger charge is 2.87. The van der Waals surface area contributed by atoms with Gasteiger partial charge < -0.3 is 58.7 Å². The van der Waals surface area contributed by atoms with Crippen molar-refractivity contribution < 1.29 is 63.5 Å². The molecule has 17 heteroatoms. The van der Waals surface area contributed by atoms with Gasteiger partial charge in [0.25, 0.3) is 0 Å². The summed E-state index contributed by atoms with van der Waals surface area (Å²) in [5.41, 5.74) is -1.71. The van der Waals surface area contributed by atoms with Crippen molar-refractivity contribution in [2.45, 2.75) is 343 Å². The molecular formula is C82H138N4O13. The maximum Gasteiger partial charge on any atom is 0.303 e. The molecule has 4 spiro atoms. The Kier molecular flexibility index (Phi) is 18.1. The van der Waals surface area contributed by atoms with E-state index in [0.717, 1.165) is 111 Å². The van der Waals surface area contributed by atoms with Crippen LogP contribution in [0, 0.1) is 101 Å². The molecule has 17 nitrogen and oxygen atoms in total. The van der Waals surface area contributed by atoms with Crippen molar-refractivity contribution in [1.29, 1.82) is 0 Å². The molecule has 16 rings (SSSR count). The molecule has 6 saturated heterocycles. The molecule has 99 heavy (non-hydrogen) atoms. The number of nitrogens with zero attached hydrogens (tertiary/aromatic N) is 4. The number of aliphatic hydroxyl groups is 5. The molecule has 16 fully saturated rings. The Balaban J connectivity index is 0.000000162. The molecule has 0 radical (unpaired) electrons. The van der Waals surface area contributed by atoms with Crippen LogP contribution < -0.4 is 0 Å². The number of carbonyl (C=O) groups is 1. The molecule has 5 N–H and O–H groups in total. The standard InChI is InChI=1S/C42H70N2O7.C40H68N2O6/c1-24(2)44-20-27(21-44)43-17-18-48-32(22-43)51-31-13-14-41-23-42(41)16-15-39(9)33-25(3)19-28(36(38(7,8)47)49-26(4)45)50-34(33)35(46)40(39,10)30(42)12-11-29(41)37(31,5)6;1-23(2)42-19-25(20-42)41-16-17-46-30(21-41)48-29-12-13-39-22-40(39)15-14-37(8)31-24(3)18-26(33(43)36(6,7)45)47-32(31)34(44)38(37,9)28(40)11-10-27(39)35(29,4)5/h24-25,27-36,46-47H,11-23H2,1-10H3;23-34,43-45H,10-22H2,1-9H3/t25-,28?,29+,30?,31+,32+,33+,34?,35+,36+,39-,40-,41?,42+;24-,26?,27+,28?,29+,30+,31+,32?,33+,34+,37-,38-,39?,40+/m11/s1. The van der Waals surface area contributed by atoms with Crippen molar-refractivity contribution in [3.63, 3.8) is 0 Å². The molecule has 28 atom stereocenters. The second-order valence-electron chi connectivity index (χ2n) is 41.1. The van der Waals surface area contributed by atoms with Crippen LogP contribution in [-0.4, -0.2) is 226 Å². The van der Waals surface area contributed by atoms with Gasteiger partial charge in [-0.25, -0.2) is 0 Å². The first kappa shape index (κ1) is 73.4. The minimum Gasteiger partial charge on any atom is -0.457 e. The molecule has 0 amide bonds. The zero-order valence-corrected chi connectivity index (χ0v) is 65.0. The lowest BCUT2D eigenvalue weighted by atomic mass is 9.41. The third-order valence-electron chi connectivity index (χ3n) is 35.0. The van der Waals surface area contributed by atoms with Crippen molar-refractivity contribution in [3.8, 4) is 0 Å². The average Bonchev–Trinajstić information content (AvgIpc) is 1.47. The number of morpholine rings is 2. The molecule has 0 bridgehead atoms. The van der Waals surface area contributed by atoms with Crippen molar-refractivity contribution in [2.75, 3.05) is 65.6 Å². The lowest BCUT2D eigenvalue weighted by Crippen LogP contribution is -2.64. The van der Waals surface area contributed by atoms with E-state index in [1.807, 2.05) is 0 Å². The molecule has 8 unspecified atom stereocenters. The quantitative estimate of drug-likeness (QED) is 0.109. The van der Waals surface area contributed by atoms with E-state index in [1.165, 1.54) is 58.3 Å². The van der Waals surface area contributed by atoms with Crippen LogP contribution in [0.4, 0.5) is 0 Å². The first-order valence-electron chi connectivity index (χ1n) is 40.7. The second-order valence-corrected chi connectivity index (χ2v) is 41.1. The smallest absolute Gasteiger partial charge is 0.303 e. The van der Waals surface area contributed by atoms with Gasteiger partial charge in [0.1, 0.15) is 6.10 Å². The van der Waals surface area contributed by atoms with Gasteiger partial charge in [-0.05, 0) is 249 Å². The van der Waals surface area contributed by atoms with E-state index in [-0.39, 0.29) is 92.7 Å². The number of fused-ring (bicyclic) bond motifs is 8. The van der Waals surface area contributed by atoms with Crippen molar-refractivity contribution in [1.82, 2.24) is 19.6 Å². The average molecular weight is 1390 g/mol. The van der Waals surface area contributed by atoms with E-state index < -0.39 is 53.8 Å². The molecule has 10 saturated carbocycles. The first-order valence-corrected chi connectivity index (χ1v) is 40.7. The lowest BCUT2D eigenvalue weighted by molar-refractivity contribution is -0.253. The fourth-order valence-corrected chi connectivity index (χ4v) is 29.6. The van der Waals surface area contributed by atoms with Gasteiger partial charge in [-0.15, -0.1) is 0 Å². The van der Waals surface area contributed by atoms with Crippen LogP contribution in [0.2, 0.25) is 0 Å². The van der Waals surface area contributed by atoms with Gasteiger partial charge in [-0.2, -0.15) is 0 Å². The Bertz CT molecular complexity index is 3000. The minimum atomic E-state index is -1.25. The maximum atomic E-state index is 12.6. The van der Waals surface area contributed by atoms with Crippen LogP contribution in [0.5, 0.6) is 0 Å². The number of hydrogen-bond acceptors (Lipinski definition) is 17. The summed E-state index contributed by atoms with van der Waals surface area (Å²) in [7, 11) is 0. The predicted octanol–water partition coefficient (Wildman–Crippen LogP) is 10.7. The second kappa shape index (κ2) is 24.4. The molecule has 0 aromatic carbocycles. The normalized spacial score (nSPS) is 51.5. The van der Waals surface area contributed by atoms with Crippen LogP contribution in [-0.2, 0) is 38.0 Å². The molecule has 0 aromatic heterocycles.